The quantitative estimate of drug-likeness (QED) is 0.388. The molecule has 0 spiro atoms. The Kier molecular flexibility index (Phi) is 7.64. The van der Waals surface area contributed by atoms with Gasteiger partial charge in [0.1, 0.15) is 12.6 Å². The van der Waals surface area contributed by atoms with Crippen molar-refractivity contribution in [2.45, 2.75) is 37.9 Å². The molecule has 0 aromatic carbocycles. The number of rotatable bonds is 7. The first-order valence-electron chi connectivity index (χ1n) is 6.69. The van der Waals surface area contributed by atoms with Gasteiger partial charge in [-0.25, -0.2) is 0 Å². The van der Waals surface area contributed by atoms with Gasteiger partial charge in [0, 0.05) is 31.7 Å². The second kappa shape index (κ2) is 8.71. The minimum absolute atomic E-state index is 0.0130. The van der Waals surface area contributed by atoms with E-state index < -0.39 is 0 Å². The summed E-state index contributed by atoms with van der Waals surface area (Å²) in [7, 11) is 1.80. The van der Waals surface area contributed by atoms with Crippen LogP contribution in [0.4, 0.5) is 0 Å². The van der Waals surface area contributed by atoms with Crippen LogP contribution in [0.3, 0.4) is 0 Å². The number of amides is 1. The maximum absolute atomic E-state index is 12.1. The Morgan fingerprint density at radius 2 is 2.00 bits per heavy atom. The lowest BCUT2D eigenvalue weighted by molar-refractivity contribution is -0.131. The molecule has 4 nitrogen and oxygen atoms in total. The SMILES string of the molecule is CN(CC1CCC(C=O)CC1)C(=O)C([B]I)CC=O. The zero-order valence-electron chi connectivity index (χ0n) is 11.3. The van der Waals surface area contributed by atoms with Crippen molar-refractivity contribution >= 4 is 46.0 Å². The van der Waals surface area contributed by atoms with Crippen molar-refractivity contribution in [3.05, 3.63) is 0 Å². The molecule has 1 aliphatic rings. The monoisotopic (exact) mass is 376 g/mol. The van der Waals surface area contributed by atoms with Gasteiger partial charge < -0.3 is 14.5 Å². The van der Waals surface area contributed by atoms with Crippen molar-refractivity contribution in [3.8, 4) is 0 Å². The van der Waals surface area contributed by atoms with Crippen LogP contribution in [0.25, 0.3) is 0 Å². The Hall–Kier alpha value is -0.395. The lowest BCUT2D eigenvalue weighted by Gasteiger charge is -2.30. The van der Waals surface area contributed by atoms with Gasteiger partial charge in [0.25, 0.3) is 0 Å². The maximum atomic E-state index is 12.1. The van der Waals surface area contributed by atoms with E-state index in [2.05, 4.69) is 0 Å². The van der Waals surface area contributed by atoms with E-state index >= 15 is 0 Å². The van der Waals surface area contributed by atoms with E-state index in [1.54, 1.807) is 17.1 Å². The molecule has 19 heavy (non-hydrogen) atoms. The topological polar surface area (TPSA) is 54.5 Å². The van der Waals surface area contributed by atoms with Crippen LogP contribution in [0, 0.1) is 11.8 Å². The second-order valence-electron chi connectivity index (χ2n) is 5.27. The molecule has 0 aromatic heterocycles. The Labute approximate surface area is 128 Å². The molecule has 1 radical (unpaired) electrons. The van der Waals surface area contributed by atoms with Crippen molar-refractivity contribution in [2.24, 2.45) is 11.8 Å². The molecule has 0 N–H and O–H groups in total. The molecule has 6 heteroatoms. The van der Waals surface area contributed by atoms with Crippen LogP contribution >= 0.6 is 22.4 Å². The molecule has 0 bridgehead atoms. The first-order chi connectivity index (χ1) is 9.12. The molecule has 1 fully saturated rings. The third kappa shape index (κ3) is 5.24. The Balaban J connectivity index is 2.41. The molecule has 1 unspecified atom stereocenters. The van der Waals surface area contributed by atoms with E-state index in [0.717, 1.165) is 44.8 Å². The standard InChI is InChI=1S/C13H20BINO3/c1-16(13(19)12(14-15)6-7-17)8-10-2-4-11(9-18)5-3-10/h7,9-12H,2-6,8H2,1H3. The molecule has 1 aliphatic carbocycles. The molecule has 0 saturated heterocycles. The van der Waals surface area contributed by atoms with Crippen molar-refractivity contribution in [1.29, 1.82) is 0 Å². The number of nitrogens with zero attached hydrogens (tertiary/aromatic N) is 1. The minimum Gasteiger partial charge on any atom is -0.346 e. The van der Waals surface area contributed by atoms with Crippen molar-refractivity contribution < 1.29 is 14.4 Å². The van der Waals surface area contributed by atoms with Gasteiger partial charge in [-0.3, -0.25) is 4.79 Å². The molecule has 1 atom stereocenters. The zero-order valence-corrected chi connectivity index (χ0v) is 13.4. The van der Waals surface area contributed by atoms with Crippen LogP contribution in [0.1, 0.15) is 32.1 Å². The largest absolute Gasteiger partial charge is 0.346 e. The fourth-order valence-electron chi connectivity index (χ4n) is 2.58. The highest BCUT2D eigenvalue weighted by Gasteiger charge is 2.26. The average molecular weight is 376 g/mol. The van der Waals surface area contributed by atoms with Gasteiger partial charge in [0.05, 0.1) is 0 Å². The third-order valence-electron chi connectivity index (χ3n) is 3.81. The van der Waals surface area contributed by atoms with Gasteiger partial charge in [-0.05, 0) is 31.6 Å². The highest BCUT2D eigenvalue weighted by atomic mass is 127. The number of carbonyl (C=O) groups is 3. The summed E-state index contributed by atoms with van der Waals surface area (Å²) >= 11 is 2.03. The summed E-state index contributed by atoms with van der Waals surface area (Å²) in [5, 5.41) is 1.76. The normalized spacial score (nSPS) is 24.3. The van der Waals surface area contributed by atoms with Crippen LogP contribution < -0.4 is 0 Å². The van der Waals surface area contributed by atoms with Crippen LogP contribution in [0.2, 0.25) is 5.82 Å². The Morgan fingerprint density at radius 1 is 1.37 bits per heavy atom. The first-order valence-corrected chi connectivity index (χ1v) is 7.94. The summed E-state index contributed by atoms with van der Waals surface area (Å²) in [6, 6.07) is 0. The summed E-state index contributed by atoms with van der Waals surface area (Å²) in [6.07, 6.45) is 5.99. The summed E-state index contributed by atoms with van der Waals surface area (Å²) in [5.74, 6) is 0.396. The summed E-state index contributed by atoms with van der Waals surface area (Å²) in [6.45, 7) is 0.726. The van der Waals surface area contributed by atoms with E-state index in [0.29, 0.717) is 5.92 Å². The molecular formula is C13H20BINO3. The number of carbonyl (C=O) groups excluding carboxylic acids is 3. The third-order valence-corrected chi connectivity index (χ3v) is 4.68. The van der Waals surface area contributed by atoms with E-state index in [-0.39, 0.29) is 24.1 Å². The fourth-order valence-corrected chi connectivity index (χ4v) is 3.18. The average Bonchev–Trinajstić information content (AvgIpc) is 2.44. The van der Waals surface area contributed by atoms with Crippen molar-refractivity contribution in [1.82, 2.24) is 4.90 Å². The van der Waals surface area contributed by atoms with Gasteiger partial charge in [0.2, 0.25) is 11.0 Å². The first kappa shape index (κ1) is 16.7. The van der Waals surface area contributed by atoms with Gasteiger partial charge in [-0.15, -0.1) is 0 Å². The van der Waals surface area contributed by atoms with Gasteiger partial charge in [-0.1, -0.05) is 0 Å². The Bertz CT molecular complexity index is 319. The van der Waals surface area contributed by atoms with Crippen molar-refractivity contribution in [2.75, 3.05) is 13.6 Å². The van der Waals surface area contributed by atoms with Gasteiger partial charge >= 0.3 is 0 Å². The predicted molar refractivity (Wildman–Crippen MR) is 83.4 cm³/mol. The van der Waals surface area contributed by atoms with Crippen LogP contribution in [-0.4, -0.2) is 42.1 Å². The predicted octanol–water partition coefficient (Wildman–Crippen LogP) is 1.88. The number of hydrogen-bond donors (Lipinski definition) is 0. The fraction of sp³-hybridized carbons (Fsp3) is 0.769. The smallest absolute Gasteiger partial charge is 0.218 e. The van der Waals surface area contributed by atoms with Crippen LogP contribution in [0.5, 0.6) is 0 Å². The minimum atomic E-state index is -0.311. The Morgan fingerprint density at radius 3 is 2.47 bits per heavy atom. The second-order valence-corrected chi connectivity index (χ2v) is 5.99. The van der Waals surface area contributed by atoms with E-state index in [4.69, 9.17) is 0 Å². The van der Waals surface area contributed by atoms with Crippen LogP contribution in [0.15, 0.2) is 0 Å². The molecular weight excluding hydrogens is 356 g/mol. The summed E-state index contributed by atoms with van der Waals surface area (Å²) in [5.41, 5.74) is 0. The van der Waals surface area contributed by atoms with Crippen molar-refractivity contribution in [3.63, 3.8) is 0 Å². The lowest BCUT2D eigenvalue weighted by atomic mass is 9.81. The van der Waals surface area contributed by atoms with E-state index in [1.807, 2.05) is 22.4 Å². The van der Waals surface area contributed by atoms with Gasteiger partial charge in [0.15, 0.2) is 0 Å². The summed E-state index contributed by atoms with van der Waals surface area (Å²) < 4.78 is 0. The highest BCUT2D eigenvalue weighted by molar-refractivity contribution is 14.1. The molecule has 105 valence electrons. The zero-order chi connectivity index (χ0) is 14.3. The lowest BCUT2D eigenvalue weighted by Crippen LogP contribution is -2.36. The van der Waals surface area contributed by atoms with E-state index in [9.17, 15) is 14.4 Å². The maximum Gasteiger partial charge on any atom is 0.218 e. The number of halogens is 1. The molecule has 1 saturated carbocycles. The molecule has 0 heterocycles. The van der Waals surface area contributed by atoms with Crippen LogP contribution in [-0.2, 0) is 14.4 Å². The highest BCUT2D eigenvalue weighted by Crippen LogP contribution is 2.28. The van der Waals surface area contributed by atoms with Gasteiger partial charge in [-0.2, -0.15) is 22.4 Å². The molecule has 1 rings (SSSR count). The molecule has 0 aromatic rings. The number of aldehydes is 2. The molecule has 0 aliphatic heterocycles. The summed E-state index contributed by atoms with van der Waals surface area (Å²) in [4.78, 5) is 35.1. The number of hydrogen-bond acceptors (Lipinski definition) is 3. The van der Waals surface area contributed by atoms with E-state index in [1.165, 1.54) is 0 Å². The molecule has 1 amide bonds.